The number of thioether (sulfide) groups is 1. The third-order valence-corrected chi connectivity index (χ3v) is 8.53. The average molecular weight is 750 g/mol. The standard InChI is InChI=1S/C31H29ClN8O4S2.2ClH/c32-20-5-1-19(2-6-20)29-39-21(16-45-29)17-46-30-24(15-35)27(23(14-34)28(37)40-30)18-3-7-22(8-4-18)43-11-12-44-31(42)25(36)13-26(41)38-10-9-33;;/h1-8,16,25H,9-13,17,33,36H2,(H2,37,40)(H,38,41);2*1H/t25-;;/m0../s1. The number of carbonyl (C=O) groups is 2. The zero-order valence-electron chi connectivity index (χ0n) is 25.2. The number of halogens is 3. The summed E-state index contributed by atoms with van der Waals surface area (Å²) in [6, 6.07) is 17.3. The Hall–Kier alpha value is -4.12. The molecule has 4 aromatic rings. The summed E-state index contributed by atoms with van der Waals surface area (Å²) in [6.45, 7) is 0.514. The van der Waals surface area contributed by atoms with Crippen molar-refractivity contribution in [3.63, 3.8) is 0 Å². The summed E-state index contributed by atoms with van der Waals surface area (Å²) >= 11 is 8.79. The van der Waals surface area contributed by atoms with E-state index >= 15 is 0 Å². The van der Waals surface area contributed by atoms with Gasteiger partial charge in [-0.3, -0.25) is 9.59 Å². The Balaban J connectivity index is 0.00000400. The third kappa shape index (κ3) is 10.7. The fraction of sp³-hybridized carbons (Fsp3) is 0.226. The Kier molecular flexibility index (Phi) is 16.4. The number of amides is 1. The Morgan fingerprint density at radius 1 is 1.00 bits per heavy atom. The van der Waals surface area contributed by atoms with Crippen molar-refractivity contribution in [2.75, 3.05) is 32.0 Å². The second kappa shape index (κ2) is 19.6. The van der Waals surface area contributed by atoms with Gasteiger partial charge < -0.3 is 32.0 Å². The molecule has 2 aromatic heterocycles. The SMILES string of the molecule is Cl.Cl.N#Cc1c(N)nc(SCc2csc(-c3ccc(Cl)cc3)n2)c(C#N)c1-c1ccc(OCCOC(=O)[C@@H](N)CC(=O)NCCN)cc1. The van der Waals surface area contributed by atoms with E-state index in [2.05, 4.69) is 27.4 Å². The number of esters is 1. The van der Waals surface area contributed by atoms with E-state index in [1.165, 1.54) is 23.1 Å². The van der Waals surface area contributed by atoms with Crippen LogP contribution in [0.5, 0.6) is 5.75 Å². The van der Waals surface area contributed by atoms with Gasteiger partial charge in [-0.2, -0.15) is 10.5 Å². The highest BCUT2D eigenvalue weighted by Gasteiger charge is 2.22. The van der Waals surface area contributed by atoms with E-state index in [0.717, 1.165) is 16.3 Å². The summed E-state index contributed by atoms with van der Waals surface area (Å²) in [7, 11) is 0. The molecule has 0 aliphatic heterocycles. The van der Waals surface area contributed by atoms with E-state index in [0.29, 0.717) is 32.7 Å². The van der Waals surface area contributed by atoms with Crippen LogP contribution in [0, 0.1) is 22.7 Å². The lowest BCUT2D eigenvalue weighted by atomic mass is 9.97. The predicted molar refractivity (Wildman–Crippen MR) is 191 cm³/mol. The smallest absolute Gasteiger partial charge is 0.323 e. The van der Waals surface area contributed by atoms with Crippen LogP contribution >= 0.6 is 59.5 Å². The summed E-state index contributed by atoms with van der Waals surface area (Å²) < 4.78 is 10.8. The quantitative estimate of drug-likeness (QED) is 0.0784. The molecule has 0 radical (unpaired) electrons. The highest BCUT2D eigenvalue weighted by molar-refractivity contribution is 7.98. The first-order valence-electron chi connectivity index (χ1n) is 13.8. The van der Waals surface area contributed by atoms with Gasteiger partial charge in [0, 0.05) is 40.4 Å². The molecule has 1 amide bonds. The number of rotatable bonds is 14. The van der Waals surface area contributed by atoms with Crippen molar-refractivity contribution >= 4 is 77.2 Å². The first-order valence-corrected chi connectivity index (χ1v) is 16.1. The molecule has 7 N–H and O–H groups in total. The maximum absolute atomic E-state index is 12.1. The van der Waals surface area contributed by atoms with Crippen molar-refractivity contribution in [1.29, 1.82) is 10.5 Å². The fourth-order valence-corrected chi connectivity index (χ4v) is 6.07. The van der Waals surface area contributed by atoms with Gasteiger partial charge in [-0.1, -0.05) is 47.6 Å². The Morgan fingerprint density at radius 2 is 1.67 bits per heavy atom. The average Bonchev–Trinajstić information content (AvgIpc) is 3.54. The van der Waals surface area contributed by atoms with Gasteiger partial charge in [-0.05, 0) is 29.8 Å². The number of nitriles is 2. The molecule has 48 heavy (non-hydrogen) atoms. The van der Waals surface area contributed by atoms with Crippen LogP contribution in [0.2, 0.25) is 5.02 Å². The molecule has 252 valence electrons. The van der Waals surface area contributed by atoms with Crippen molar-refractivity contribution in [3.05, 3.63) is 75.8 Å². The zero-order chi connectivity index (χ0) is 33.1. The lowest BCUT2D eigenvalue weighted by Crippen LogP contribution is -2.39. The predicted octanol–water partition coefficient (Wildman–Crippen LogP) is 4.70. The molecule has 0 bridgehead atoms. The van der Waals surface area contributed by atoms with Crippen LogP contribution in [0.4, 0.5) is 5.82 Å². The first kappa shape index (κ1) is 40.1. The van der Waals surface area contributed by atoms with E-state index < -0.39 is 17.9 Å². The van der Waals surface area contributed by atoms with Gasteiger partial charge in [0.15, 0.2) is 0 Å². The molecule has 0 unspecified atom stereocenters. The molecule has 0 aliphatic carbocycles. The maximum atomic E-state index is 12.1. The fourth-order valence-electron chi connectivity index (χ4n) is 4.13. The Bertz CT molecular complexity index is 1780. The number of nitrogens with zero attached hydrogens (tertiary/aromatic N) is 4. The molecule has 4 rings (SSSR count). The van der Waals surface area contributed by atoms with Crippen LogP contribution in [0.15, 0.2) is 58.9 Å². The van der Waals surface area contributed by atoms with Crippen molar-refractivity contribution in [1.82, 2.24) is 15.3 Å². The van der Waals surface area contributed by atoms with Gasteiger partial charge in [-0.15, -0.1) is 36.2 Å². The molecule has 12 nitrogen and oxygen atoms in total. The number of ether oxygens (including phenoxy) is 2. The van der Waals surface area contributed by atoms with Gasteiger partial charge >= 0.3 is 5.97 Å². The van der Waals surface area contributed by atoms with Gasteiger partial charge in [0.2, 0.25) is 5.91 Å². The van der Waals surface area contributed by atoms with Crippen LogP contribution in [-0.2, 0) is 20.1 Å². The van der Waals surface area contributed by atoms with E-state index in [-0.39, 0.29) is 74.5 Å². The number of nitrogen functional groups attached to an aromatic ring is 1. The summed E-state index contributed by atoms with van der Waals surface area (Å²) in [5.74, 6) is -0.221. The number of pyridine rings is 1. The number of nitrogens with one attached hydrogen (secondary N) is 1. The number of nitrogens with two attached hydrogens (primary N) is 3. The summed E-state index contributed by atoms with van der Waals surface area (Å²) in [5, 5.41) is 26.3. The second-order valence-electron chi connectivity index (χ2n) is 9.58. The molecular formula is C31H31Cl3N8O4S2. The minimum atomic E-state index is -1.11. The molecular weight excluding hydrogens is 719 g/mol. The van der Waals surface area contributed by atoms with Crippen molar-refractivity contribution in [2.24, 2.45) is 11.5 Å². The molecule has 2 heterocycles. The maximum Gasteiger partial charge on any atom is 0.323 e. The van der Waals surface area contributed by atoms with Crippen LogP contribution in [-0.4, -0.2) is 54.2 Å². The van der Waals surface area contributed by atoms with Gasteiger partial charge in [-0.25, -0.2) is 9.97 Å². The summed E-state index contributed by atoms with van der Waals surface area (Å²) in [6.07, 6.45) is -0.216. The number of hydrogen-bond acceptors (Lipinski definition) is 13. The minimum absolute atomic E-state index is 0. The molecule has 17 heteroatoms. The number of anilines is 1. The third-order valence-electron chi connectivity index (χ3n) is 6.33. The number of aromatic nitrogens is 2. The van der Waals surface area contributed by atoms with Gasteiger partial charge in [0.25, 0.3) is 0 Å². The molecule has 0 aliphatic rings. The molecule has 0 spiro atoms. The van der Waals surface area contributed by atoms with Crippen molar-refractivity contribution in [3.8, 4) is 39.6 Å². The monoisotopic (exact) mass is 748 g/mol. The van der Waals surface area contributed by atoms with Crippen molar-refractivity contribution < 1.29 is 19.1 Å². The summed E-state index contributed by atoms with van der Waals surface area (Å²) in [5.41, 5.74) is 20.2. The summed E-state index contributed by atoms with van der Waals surface area (Å²) in [4.78, 5) is 32.8. The van der Waals surface area contributed by atoms with Crippen LogP contribution in [0.25, 0.3) is 21.7 Å². The number of benzene rings is 2. The van der Waals surface area contributed by atoms with E-state index in [1.807, 2.05) is 17.5 Å². The Labute approximate surface area is 302 Å². The number of carbonyl (C=O) groups excluding carboxylic acids is 2. The van der Waals surface area contributed by atoms with E-state index in [9.17, 15) is 20.1 Å². The normalized spacial score (nSPS) is 10.8. The lowest BCUT2D eigenvalue weighted by Gasteiger charge is -2.14. The molecule has 1 atom stereocenters. The minimum Gasteiger partial charge on any atom is -0.490 e. The number of hydrogen-bond donors (Lipinski definition) is 4. The van der Waals surface area contributed by atoms with Crippen LogP contribution in [0.1, 0.15) is 23.2 Å². The van der Waals surface area contributed by atoms with Gasteiger partial charge in [0.1, 0.15) is 58.6 Å². The van der Waals surface area contributed by atoms with Crippen LogP contribution in [0.3, 0.4) is 0 Å². The molecule has 0 fully saturated rings. The topological polar surface area (TPSA) is 216 Å². The molecule has 0 saturated heterocycles. The van der Waals surface area contributed by atoms with E-state index in [4.69, 9.17) is 38.3 Å². The van der Waals surface area contributed by atoms with Crippen molar-refractivity contribution in [2.45, 2.75) is 23.2 Å². The molecule has 2 aromatic carbocycles. The number of thiazole rings is 1. The highest BCUT2D eigenvalue weighted by Crippen LogP contribution is 2.37. The zero-order valence-corrected chi connectivity index (χ0v) is 29.2. The highest BCUT2D eigenvalue weighted by atomic mass is 35.5. The first-order chi connectivity index (χ1) is 22.2. The molecule has 0 saturated carbocycles. The lowest BCUT2D eigenvalue weighted by molar-refractivity contribution is -0.147. The van der Waals surface area contributed by atoms with Crippen LogP contribution < -0.4 is 27.3 Å². The largest absolute Gasteiger partial charge is 0.490 e. The van der Waals surface area contributed by atoms with E-state index in [1.54, 1.807) is 36.4 Å². The second-order valence-corrected chi connectivity index (χ2v) is 11.8. The Morgan fingerprint density at radius 3 is 2.31 bits per heavy atom. The van der Waals surface area contributed by atoms with Gasteiger partial charge in [0.05, 0.1) is 17.7 Å².